The van der Waals surface area contributed by atoms with Crippen LogP contribution in [0.5, 0.6) is 0 Å². The number of carboxylic acids is 1. The summed E-state index contributed by atoms with van der Waals surface area (Å²) in [7, 11) is 0. The Morgan fingerprint density at radius 2 is 2.21 bits per heavy atom. The molecule has 0 saturated heterocycles. The molecule has 7 heteroatoms. The molecule has 1 heterocycles. The first kappa shape index (κ1) is 13.6. The summed E-state index contributed by atoms with van der Waals surface area (Å²) in [5.74, 6) is -1.22. The van der Waals surface area contributed by atoms with Crippen LogP contribution in [0.4, 0.5) is 19.0 Å². The van der Waals surface area contributed by atoms with Crippen molar-refractivity contribution in [2.75, 3.05) is 5.32 Å². The number of halogens is 3. The first-order chi connectivity index (χ1) is 8.88. The van der Waals surface area contributed by atoms with Gasteiger partial charge in [0, 0.05) is 12.2 Å². The van der Waals surface area contributed by atoms with Crippen molar-refractivity contribution in [2.45, 2.75) is 31.5 Å². The van der Waals surface area contributed by atoms with Gasteiger partial charge in [-0.1, -0.05) is 0 Å². The van der Waals surface area contributed by atoms with E-state index in [0.29, 0.717) is 0 Å². The average molecular weight is 274 g/mol. The molecule has 0 bridgehead atoms. The van der Waals surface area contributed by atoms with Crippen molar-refractivity contribution >= 4 is 11.8 Å². The van der Waals surface area contributed by atoms with Crippen molar-refractivity contribution < 1.29 is 23.1 Å². The Morgan fingerprint density at radius 1 is 1.53 bits per heavy atom. The standard InChI is InChI=1S/C12H13F3N2O2/c13-12(14,15)8-2-1-5-16-11(8)17-9(6-10(18)19)7-3-4-7/h1-2,5,7,9H,3-4,6H2,(H,16,17)(H,18,19). The van der Waals surface area contributed by atoms with E-state index < -0.39 is 23.8 Å². The van der Waals surface area contributed by atoms with Crippen LogP contribution in [0.3, 0.4) is 0 Å². The Hall–Kier alpha value is -1.79. The van der Waals surface area contributed by atoms with Crippen LogP contribution in [0, 0.1) is 5.92 Å². The molecule has 1 aliphatic rings. The van der Waals surface area contributed by atoms with E-state index in [4.69, 9.17) is 5.11 Å². The van der Waals surface area contributed by atoms with Crippen LogP contribution in [-0.2, 0) is 11.0 Å². The molecular formula is C12H13F3N2O2. The Balaban J connectivity index is 2.19. The molecule has 19 heavy (non-hydrogen) atoms. The van der Waals surface area contributed by atoms with Crippen LogP contribution >= 0.6 is 0 Å². The normalized spacial score (nSPS) is 17.0. The number of hydrogen-bond donors (Lipinski definition) is 2. The highest BCUT2D eigenvalue weighted by atomic mass is 19.4. The van der Waals surface area contributed by atoms with E-state index in [0.717, 1.165) is 18.9 Å². The monoisotopic (exact) mass is 274 g/mol. The van der Waals surface area contributed by atoms with Gasteiger partial charge in [-0.2, -0.15) is 13.2 Å². The molecule has 1 aliphatic carbocycles. The van der Waals surface area contributed by atoms with Crippen molar-refractivity contribution in [3.8, 4) is 0 Å². The van der Waals surface area contributed by atoms with Gasteiger partial charge in [0.2, 0.25) is 0 Å². The maximum atomic E-state index is 12.8. The van der Waals surface area contributed by atoms with E-state index in [-0.39, 0.29) is 18.2 Å². The third-order valence-electron chi connectivity index (χ3n) is 3.02. The molecule has 4 nitrogen and oxygen atoms in total. The van der Waals surface area contributed by atoms with Gasteiger partial charge in [0.15, 0.2) is 0 Å². The summed E-state index contributed by atoms with van der Waals surface area (Å²) >= 11 is 0. The highest BCUT2D eigenvalue weighted by molar-refractivity contribution is 5.68. The highest BCUT2D eigenvalue weighted by Gasteiger charge is 2.37. The van der Waals surface area contributed by atoms with E-state index in [1.54, 1.807) is 0 Å². The molecule has 0 aromatic carbocycles. The summed E-state index contributed by atoms with van der Waals surface area (Å²) in [6.45, 7) is 0. The molecule has 104 valence electrons. The number of carboxylic acid groups (broad SMARTS) is 1. The van der Waals surface area contributed by atoms with Crippen LogP contribution in [0.25, 0.3) is 0 Å². The second-order valence-electron chi connectivity index (χ2n) is 4.58. The Kier molecular flexibility index (Phi) is 3.64. The van der Waals surface area contributed by atoms with Gasteiger partial charge in [-0.15, -0.1) is 0 Å². The van der Waals surface area contributed by atoms with E-state index in [2.05, 4.69) is 10.3 Å². The molecule has 1 saturated carbocycles. The number of nitrogens with one attached hydrogen (secondary N) is 1. The predicted octanol–water partition coefficient (Wildman–Crippen LogP) is 2.77. The molecule has 1 aromatic rings. The van der Waals surface area contributed by atoms with Gasteiger partial charge >= 0.3 is 12.1 Å². The van der Waals surface area contributed by atoms with E-state index >= 15 is 0 Å². The summed E-state index contributed by atoms with van der Waals surface area (Å²) in [5.41, 5.74) is -0.869. The maximum absolute atomic E-state index is 12.8. The van der Waals surface area contributed by atoms with Gasteiger partial charge in [-0.3, -0.25) is 4.79 Å². The first-order valence-corrected chi connectivity index (χ1v) is 5.88. The lowest BCUT2D eigenvalue weighted by atomic mass is 10.1. The fourth-order valence-corrected chi connectivity index (χ4v) is 1.95. The van der Waals surface area contributed by atoms with E-state index in [9.17, 15) is 18.0 Å². The molecule has 1 atom stereocenters. The van der Waals surface area contributed by atoms with Crippen molar-refractivity contribution in [1.82, 2.24) is 4.98 Å². The lowest BCUT2D eigenvalue weighted by molar-refractivity contribution is -0.137. The maximum Gasteiger partial charge on any atom is 0.419 e. The first-order valence-electron chi connectivity index (χ1n) is 5.88. The van der Waals surface area contributed by atoms with Crippen molar-refractivity contribution in [3.05, 3.63) is 23.9 Å². The van der Waals surface area contributed by atoms with Crippen molar-refractivity contribution in [3.63, 3.8) is 0 Å². The van der Waals surface area contributed by atoms with Crippen LogP contribution in [0.2, 0.25) is 0 Å². The minimum atomic E-state index is -4.51. The summed E-state index contributed by atoms with van der Waals surface area (Å²) < 4.78 is 38.3. The summed E-state index contributed by atoms with van der Waals surface area (Å²) in [6, 6.07) is 1.63. The SMILES string of the molecule is O=C(O)CC(Nc1ncccc1C(F)(F)F)C1CC1. The number of pyridine rings is 1. The van der Waals surface area contributed by atoms with Crippen molar-refractivity contribution in [2.24, 2.45) is 5.92 Å². The van der Waals surface area contributed by atoms with Crippen LogP contribution < -0.4 is 5.32 Å². The number of hydrogen-bond acceptors (Lipinski definition) is 3. The minimum Gasteiger partial charge on any atom is -0.481 e. The molecule has 1 unspecified atom stereocenters. The lowest BCUT2D eigenvalue weighted by Gasteiger charge is -2.19. The Bertz CT molecular complexity index is 472. The Labute approximate surface area is 107 Å². The number of alkyl halides is 3. The molecule has 0 aliphatic heterocycles. The van der Waals surface area contributed by atoms with Crippen LogP contribution in [-0.4, -0.2) is 22.1 Å². The topological polar surface area (TPSA) is 62.2 Å². The Morgan fingerprint density at radius 3 is 2.74 bits per heavy atom. The minimum absolute atomic E-state index is 0.110. The summed E-state index contributed by atoms with van der Waals surface area (Å²) in [6.07, 6.45) is -1.80. The number of carbonyl (C=O) groups is 1. The second kappa shape index (κ2) is 5.07. The zero-order valence-electron chi connectivity index (χ0n) is 9.94. The number of anilines is 1. The highest BCUT2D eigenvalue weighted by Crippen LogP contribution is 2.38. The number of aliphatic carboxylic acids is 1. The van der Waals surface area contributed by atoms with E-state index in [1.807, 2.05) is 0 Å². The molecule has 1 aromatic heterocycles. The van der Waals surface area contributed by atoms with Gasteiger partial charge < -0.3 is 10.4 Å². The number of aromatic nitrogens is 1. The zero-order valence-corrected chi connectivity index (χ0v) is 9.94. The van der Waals surface area contributed by atoms with Crippen LogP contribution in [0.1, 0.15) is 24.8 Å². The quantitative estimate of drug-likeness (QED) is 0.866. The third kappa shape index (κ3) is 3.59. The largest absolute Gasteiger partial charge is 0.481 e. The second-order valence-corrected chi connectivity index (χ2v) is 4.58. The van der Waals surface area contributed by atoms with E-state index in [1.165, 1.54) is 12.3 Å². The predicted molar refractivity (Wildman–Crippen MR) is 61.6 cm³/mol. The van der Waals surface area contributed by atoms with Gasteiger partial charge in [0.1, 0.15) is 5.82 Å². The molecule has 1 fully saturated rings. The molecule has 0 amide bonds. The van der Waals surface area contributed by atoms with Gasteiger partial charge in [0.25, 0.3) is 0 Å². The molecule has 0 spiro atoms. The van der Waals surface area contributed by atoms with Gasteiger partial charge in [-0.05, 0) is 30.9 Å². The van der Waals surface area contributed by atoms with Gasteiger partial charge in [0.05, 0.1) is 12.0 Å². The third-order valence-corrected chi connectivity index (χ3v) is 3.02. The zero-order chi connectivity index (χ0) is 14.0. The molecule has 2 N–H and O–H groups in total. The number of rotatable bonds is 5. The van der Waals surface area contributed by atoms with Gasteiger partial charge in [-0.25, -0.2) is 4.98 Å². The smallest absolute Gasteiger partial charge is 0.419 e. The molecule has 2 rings (SSSR count). The number of nitrogens with zero attached hydrogens (tertiary/aromatic N) is 1. The van der Waals surface area contributed by atoms with Crippen molar-refractivity contribution in [1.29, 1.82) is 0 Å². The average Bonchev–Trinajstić information content (AvgIpc) is 3.10. The van der Waals surface area contributed by atoms with Crippen LogP contribution in [0.15, 0.2) is 18.3 Å². The lowest BCUT2D eigenvalue weighted by Crippen LogP contribution is -2.27. The summed E-state index contributed by atoms with van der Waals surface area (Å²) in [5, 5.41) is 11.4. The summed E-state index contributed by atoms with van der Waals surface area (Å²) in [4.78, 5) is 14.4. The molecular weight excluding hydrogens is 261 g/mol. The fraction of sp³-hybridized carbons (Fsp3) is 0.500. The fourth-order valence-electron chi connectivity index (χ4n) is 1.95. The molecule has 0 radical (unpaired) electrons.